The van der Waals surface area contributed by atoms with Gasteiger partial charge in [0.05, 0.1) is 26.5 Å². The summed E-state index contributed by atoms with van der Waals surface area (Å²) in [5, 5.41) is 9.66. The van der Waals surface area contributed by atoms with Gasteiger partial charge >= 0.3 is 6.09 Å². The quantitative estimate of drug-likeness (QED) is 0.228. The molecule has 0 aromatic heterocycles. The molecule has 0 bridgehead atoms. The van der Waals surface area contributed by atoms with Crippen LogP contribution in [0.2, 0.25) is 0 Å². The summed E-state index contributed by atoms with van der Waals surface area (Å²) < 4.78 is 10.8. The highest BCUT2D eigenvalue weighted by atomic mass is 17.2. The lowest BCUT2D eigenvalue weighted by Crippen LogP contribution is -2.32. The molecule has 0 aliphatic heterocycles. The number of nitrogens with zero attached hydrogens (tertiary/aromatic N) is 1. The van der Waals surface area contributed by atoms with Crippen LogP contribution in [0.15, 0.2) is 91.0 Å². The summed E-state index contributed by atoms with van der Waals surface area (Å²) >= 11 is 0. The van der Waals surface area contributed by atoms with E-state index in [0.717, 1.165) is 27.8 Å². The number of anilines is 1. The maximum absolute atomic E-state index is 13.3. The highest BCUT2D eigenvalue weighted by Gasteiger charge is 2.29. The third-order valence-corrected chi connectivity index (χ3v) is 6.50. The van der Waals surface area contributed by atoms with Gasteiger partial charge in [0, 0.05) is 12.0 Å². The Labute approximate surface area is 215 Å². The van der Waals surface area contributed by atoms with E-state index in [1.807, 2.05) is 24.3 Å². The van der Waals surface area contributed by atoms with Crippen molar-refractivity contribution in [3.8, 4) is 28.4 Å². The van der Waals surface area contributed by atoms with Crippen LogP contribution in [-0.2, 0) is 16.3 Å². The van der Waals surface area contributed by atoms with Crippen LogP contribution in [0.3, 0.4) is 0 Å². The van der Waals surface area contributed by atoms with Gasteiger partial charge in [0.2, 0.25) is 0 Å². The third kappa shape index (κ3) is 4.94. The van der Waals surface area contributed by atoms with Gasteiger partial charge in [-0.15, -0.1) is 0 Å². The topological polar surface area (TPSA) is 77.5 Å². The van der Waals surface area contributed by atoms with Crippen molar-refractivity contribution in [3.05, 3.63) is 108 Å². The van der Waals surface area contributed by atoms with Gasteiger partial charge in [-0.25, -0.2) is 4.79 Å². The first-order valence-electron chi connectivity index (χ1n) is 11.9. The van der Waals surface area contributed by atoms with Crippen molar-refractivity contribution in [1.29, 1.82) is 0 Å². The summed E-state index contributed by atoms with van der Waals surface area (Å²) in [5.41, 5.74) is 5.87. The molecule has 0 spiro atoms. The number of aromatic hydroxyl groups is 1. The van der Waals surface area contributed by atoms with Gasteiger partial charge in [0.1, 0.15) is 23.9 Å². The first kappa shape index (κ1) is 24.2. The van der Waals surface area contributed by atoms with E-state index in [9.17, 15) is 9.90 Å². The smallest absolute Gasteiger partial charge is 0.446 e. The van der Waals surface area contributed by atoms with Crippen LogP contribution in [0.4, 0.5) is 10.5 Å². The minimum absolute atomic E-state index is 0.0544. The molecule has 0 fully saturated rings. The highest BCUT2D eigenvalue weighted by molar-refractivity contribution is 5.89. The van der Waals surface area contributed by atoms with Gasteiger partial charge in [-0.1, -0.05) is 60.7 Å². The summed E-state index contributed by atoms with van der Waals surface area (Å²) in [6.07, 6.45) is -0.698. The zero-order valence-corrected chi connectivity index (χ0v) is 20.6. The first-order chi connectivity index (χ1) is 18.1. The van der Waals surface area contributed by atoms with Crippen LogP contribution in [-0.4, -0.2) is 32.0 Å². The van der Waals surface area contributed by atoms with E-state index in [1.165, 1.54) is 12.0 Å². The molecule has 5 rings (SSSR count). The van der Waals surface area contributed by atoms with Gasteiger partial charge in [-0.2, -0.15) is 4.89 Å². The Kier molecular flexibility index (Phi) is 6.96. The number of ether oxygens (including phenoxy) is 2. The zero-order chi connectivity index (χ0) is 25.8. The van der Waals surface area contributed by atoms with Crippen molar-refractivity contribution in [1.82, 2.24) is 0 Å². The minimum Gasteiger partial charge on any atom is -0.508 e. The molecule has 7 heteroatoms. The number of methoxy groups -OCH3 is 2. The van der Waals surface area contributed by atoms with Crippen molar-refractivity contribution >= 4 is 11.8 Å². The Morgan fingerprint density at radius 1 is 0.838 bits per heavy atom. The van der Waals surface area contributed by atoms with Crippen LogP contribution < -0.4 is 14.4 Å². The molecule has 4 aromatic carbocycles. The van der Waals surface area contributed by atoms with Crippen LogP contribution in [0, 0.1) is 0 Å². The van der Waals surface area contributed by atoms with E-state index in [4.69, 9.17) is 19.2 Å². The molecule has 7 nitrogen and oxygen atoms in total. The summed E-state index contributed by atoms with van der Waals surface area (Å²) in [6, 6.07) is 28.1. The Balaban J connectivity index is 1.37. The van der Waals surface area contributed by atoms with Gasteiger partial charge in [0.15, 0.2) is 0 Å². The predicted molar refractivity (Wildman–Crippen MR) is 140 cm³/mol. The predicted octanol–water partition coefficient (Wildman–Crippen LogP) is 6.30. The van der Waals surface area contributed by atoms with Gasteiger partial charge in [0.25, 0.3) is 0 Å². The molecular formula is C30H27NO6. The summed E-state index contributed by atoms with van der Waals surface area (Å²) in [5.74, 6) is 1.11. The number of phenolic OH excluding ortho intramolecular Hbond substituents is 1. The lowest BCUT2D eigenvalue weighted by molar-refractivity contribution is -0.238. The number of hydrogen-bond donors (Lipinski definition) is 1. The molecule has 0 heterocycles. The molecule has 0 atom stereocenters. The molecule has 1 amide bonds. The maximum atomic E-state index is 13.3. The van der Waals surface area contributed by atoms with Crippen LogP contribution in [0.25, 0.3) is 11.1 Å². The van der Waals surface area contributed by atoms with Crippen molar-refractivity contribution in [2.24, 2.45) is 0 Å². The second kappa shape index (κ2) is 10.6. The molecular weight excluding hydrogens is 470 g/mol. The highest BCUT2D eigenvalue weighted by Crippen LogP contribution is 2.44. The SMILES string of the molecule is COc1ccc(N(Cc2ccc(O)cc2)C(=O)OOCC2c3ccccc3-c3ccccc32)c(OC)c1. The summed E-state index contributed by atoms with van der Waals surface area (Å²) in [7, 11) is 3.08. The van der Waals surface area contributed by atoms with Gasteiger partial charge < -0.3 is 14.6 Å². The number of fused-ring (bicyclic) bond motifs is 3. The van der Waals surface area contributed by atoms with Gasteiger partial charge in [-0.05, 0) is 52.1 Å². The molecule has 0 saturated carbocycles. The van der Waals surface area contributed by atoms with Crippen molar-refractivity contribution in [2.75, 3.05) is 25.7 Å². The van der Waals surface area contributed by atoms with E-state index in [-0.39, 0.29) is 24.8 Å². The number of phenols is 1. The fraction of sp³-hybridized carbons (Fsp3) is 0.167. The number of amides is 1. The zero-order valence-electron chi connectivity index (χ0n) is 20.6. The molecule has 4 aromatic rings. The summed E-state index contributed by atoms with van der Waals surface area (Å²) in [4.78, 5) is 25.7. The van der Waals surface area contributed by atoms with E-state index in [2.05, 4.69) is 24.3 Å². The molecule has 188 valence electrons. The van der Waals surface area contributed by atoms with E-state index in [1.54, 1.807) is 49.6 Å². The lowest BCUT2D eigenvalue weighted by Gasteiger charge is -2.24. The fourth-order valence-corrected chi connectivity index (χ4v) is 4.68. The van der Waals surface area contributed by atoms with Crippen LogP contribution in [0.1, 0.15) is 22.6 Å². The first-order valence-corrected chi connectivity index (χ1v) is 11.9. The monoisotopic (exact) mass is 497 g/mol. The maximum Gasteiger partial charge on any atom is 0.446 e. The Morgan fingerprint density at radius 3 is 2.11 bits per heavy atom. The molecule has 0 saturated heterocycles. The van der Waals surface area contributed by atoms with Gasteiger partial charge in [-0.3, -0.25) is 9.79 Å². The molecule has 37 heavy (non-hydrogen) atoms. The lowest BCUT2D eigenvalue weighted by atomic mass is 9.98. The Hall–Kier alpha value is -4.49. The minimum atomic E-state index is -0.698. The second-order valence-corrected chi connectivity index (χ2v) is 8.65. The van der Waals surface area contributed by atoms with Crippen molar-refractivity contribution in [3.63, 3.8) is 0 Å². The number of hydrogen-bond acceptors (Lipinski definition) is 6. The van der Waals surface area contributed by atoms with Crippen molar-refractivity contribution in [2.45, 2.75) is 12.5 Å². The number of carbonyl (C=O) groups is 1. The van der Waals surface area contributed by atoms with E-state index < -0.39 is 6.09 Å². The standard InChI is InChI=1S/C30H27NO6/c1-34-22-15-16-28(29(17-22)35-2)31(18-20-11-13-21(32)14-12-20)30(33)37-36-19-27-25-9-5-3-7-23(25)24-8-4-6-10-26(24)27/h3-17,27,32H,18-19H2,1-2H3. The molecule has 0 radical (unpaired) electrons. The number of carbonyl (C=O) groups excluding carboxylic acids is 1. The number of benzene rings is 4. The normalized spacial score (nSPS) is 11.9. The summed E-state index contributed by atoms with van der Waals surface area (Å²) in [6.45, 7) is 0.340. The van der Waals surface area contributed by atoms with Crippen LogP contribution in [0.5, 0.6) is 17.2 Å². The van der Waals surface area contributed by atoms with E-state index >= 15 is 0 Å². The molecule has 0 unspecified atom stereocenters. The van der Waals surface area contributed by atoms with Crippen molar-refractivity contribution < 1.29 is 29.1 Å². The fourth-order valence-electron chi connectivity index (χ4n) is 4.68. The Morgan fingerprint density at radius 2 is 1.49 bits per heavy atom. The average molecular weight is 498 g/mol. The average Bonchev–Trinajstić information content (AvgIpc) is 3.26. The largest absolute Gasteiger partial charge is 0.508 e. The molecule has 1 aliphatic rings. The van der Waals surface area contributed by atoms with E-state index in [0.29, 0.717) is 17.2 Å². The molecule has 1 N–H and O–H groups in total. The second-order valence-electron chi connectivity index (χ2n) is 8.65. The molecule has 1 aliphatic carbocycles. The Bertz CT molecular complexity index is 1360. The van der Waals surface area contributed by atoms with Crippen LogP contribution >= 0.6 is 0 Å². The number of rotatable bonds is 8. The third-order valence-electron chi connectivity index (χ3n) is 6.50.